The Morgan fingerprint density at radius 3 is 2.41 bits per heavy atom. The third-order valence-corrected chi connectivity index (χ3v) is 7.37. The van der Waals surface area contributed by atoms with Crippen LogP contribution in [0.3, 0.4) is 0 Å². The van der Waals surface area contributed by atoms with E-state index in [2.05, 4.69) is 10.6 Å². The zero-order valence-electron chi connectivity index (χ0n) is 17.8. The number of nitrogens with one attached hydrogen (secondary N) is 2. The van der Waals surface area contributed by atoms with Crippen molar-refractivity contribution in [3.8, 4) is 0 Å². The fourth-order valence-electron chi connectivity index (χ4n) is 3.61. The molecule has 2 aromatic rings. The second kappa shape index (κ2) is 11.1. The molecule has 1 amide bonds. The van der Waals surface area contributed by atoms with Crippen molar-refractivity contribution in [2.24, 2.45) is 0 Å². The van der Waals surface area contributed by atoms with Gasteiger partial charge in [0.25, 0.3) is 5.69 Å². The van der Waals surface area contributed by atoms with Crippen LogP contribution in [-0.2, 0) is 21.4 Å². The largest absolute Gasteiger partial charge is 0.385 e. The lowest BCUT2D eigenvalue weighted by Crippen LogP contribution is -2.36. The molecule has 10 heteroatoms. The molecule has 0 radical (unpaired) electrons. The van der Waals surface area contributed by atoms with Gasteiger partial charge < -0.3 is 10.6 Å². The number of piperidine rings is 1. The van der Waals surface area contributed by atoms with E-state index >= 15 is 0 Å². The second-order valence-corrected chi connectivity index (χ2v) is 9.59. The highest BCUT2D eigenvalue weighted by atomic mass is 32.2. The minimum absolute atomic E-state index is 0.0255. The van der Waals surface area contributed by atoms with E-state index in [9.17, 15) is 23.3 Å². The maximum absolute atomic E-state index is 13.0. The van der Waals surface area contributed by atoms with Gasteiger partial charge in [-0.3, -0.25) is 14.9 Å². The number of anilines is 1. The van der Waals surface area contributed by atoms with Gasteiger partial charge >= 0.3 is 0 Å². The summed E-state index contributed by atoms with van der Waals surface area (Å²) in [4.78, 5) is 22.7. The van der Waals surface area contributed by atoms with Crippen molar-refractivity contribution in [2.45, 2.75) is 43.5 Å². The summed E-state index contributed by atoms with van der Waals surface area (Å²) in [5, 5.41) is 16.6. The van der Waals surface area contributed by atoms with Crippen molar-refractivity contribution in [2.75, 3.05) is 25.0 Å². The maximum atomic E-state index is 13.0. The van der Waals surface area contributed by atoms with Gasteiger partial charge in [0.15, 0.2) is 0 Å². The SMILES string of the molecule is O=C(CCCNc1ccc([N+](=O)[O-])cc1)NCc1ccccc1S(=O)(=O)N1CCCCC1. The van der Waals surface area contributed by atoms with Crippen LogP contribution >= 0.6 is 0 Å². The van der Waals surface area contributed by atoms with Crippen LogP contribution in [0.25, 0.3) is 0 Å². The number of hydrogen-bond acceptors (Lipinski definition) is 6. The monoisotopic (exact) mass is 460 g/mol. The first-order valence-electron chi connectivity index (χ1n) is 10.7. The van der Waals surface area contributed by atoms with E-state index in [1.54, 1.807) is 36.4 Å². The Hall–Kier alpha value is -2.98. The first-order chi connectivity index (χ1) is 15.4. The van der Waals surface area contributed by atoms with E-state index in [1.165, 1.54) is 16.4 Å². The van der Waals surface area contributed by atoms with Gasteiger partial charge in [-0.2, -0.15) is 4.31 Å². The van der Waals surface area contributed by atoms with Gasteiger partial charge in [0.1, 0.15) is 0 Å². The number of sulfonamides is 1. The summed E-state index contributed by atoms with van der Waals surface area (Å²) >= 11 is 0. The molecule has 1 aliphatic rings. The molecule has 3 rings (SSSR count). The van der Waals surface area contributed by atoms with E-state index in [-0.39, 0.29) is 29.5 Å². The minimum atomic E-state index is -3.57. The molecule has 32 heavy (non-hydrogen) atoms. The third kappa shape index (κ3) is 6.27. The molecular formula is C22H28N4O5S. The van der Waals surface area contributed by atoms with Gasteiger partial charge in [0.2, 0.25) is 15.9 Å². The van der Waals surface area contributed by atoms with Crippen LogP contribution in [0.2, 0.25) is 0 Å². The first kappa shape index (κ1) is 23.7. The van der Waals surface area contributed by atoms with Crippen LogP contribution in [0, 0.1) is 10.1 Å². The molecular weight excluding hydrogens is 432 g/mol. The number of nitro groups is 1. The average Bonchev–Trinajstić information content (AvgIpc) is 2.81. The Morgan fingerprint density at radius 2 is 1.72 bits per heavy atom. The molecule has 0 bridgehead atoms. The number of carbonyl (C=O) groups is 1. The van der Waals surface area contributed by atoms with Crippen molar-refractivity contribution in [3.63, 3.8) is 0 Å². The lowest BCUT2D eigenvalue weighted by Gasteiger charge is -2.26. The van der Waals surface area contributed by atoms with Gasteiger partial charge in [-0.25, -0.2) is 8.42 Å². The highest BCUT2D eigenvalue weighted by Gasteiger charge is 2.27. The summed E-state index contributed by atoms with van der Waals surface area (Å²) < 4.78 is 27.6. The van der Waals surface area contributed by atoms with E-state index < -0.39 is 14.9 Å². The first-order valence-corrected chi connectivity index (χ1v) is 12.1. The molecule has 9 nitrogen and oxygen atoms in total. The molecule has 0 aromatic heterocycles. The van der Waals surface area contributed by atoms with Crippen LogP contribution in [0.4, 0.5) is 11.4 Å². The van der Waals surface area contributed by atoms with Crippen molar-refractivity contribution in [1.82, 2.24) is 9.62 Å². The number of carbonyl (C=O) groups excluding carboxylic acids is 1. The number of non-ortho nitro benzene ring substituents is 1. The Morgan fingerprint density at radius 1 is 1.03 bits per heavy atom. The summed E-state index contributed by atoms with van der Waals surface area (Å²) in [5.74, 6) is -0.166. The van der Waals surface area contributed by atoms with Crippen LogP contribution in [0.15, 0.2) is 53.4 Å². The second-order valence-electron chi connectivity index (χ2n) is 7.68. The van der Waals surface area contributed by atoms with Crippen LogP contribution in [-0.4, -0.2) is 43.2 Å². The molecule has 2 N–H and O–H groups in total. The summed E-state index contributed by atoms with van der Waals surface area (Å²) in [6.07, 6.45) is 3.62. The topological polar surface area (TPSA) is 122 Å². The Labute approximate surface area is 188 Å². The Bertz CT molecular complexity index is 1030. The van der Waals surface area contributed by atoms with Gasteiger partial charge in [0, 0.05) is 50.4 Å². The van der Waals surface area contributed by atoms with Crippen LogP contribution in [0.1, 0.15) is 37.7 Å². The molecule has 1 heterocycles. The summed E-state index contributed by atoms with van der Waals surface area (Å²) in [6, 6.07) is 12.9. The lowest BCUT2D eigenvalue weighted by molar-refractivity contribution is -0.384. The van der Waals surface area contributed by atoms with Gasteiger partial charge in [-0.1, -0.05) is 24.6 Å². The van der Waals surface area contributed by atoms with Gasteiger partial charge in [-0.05, 0) is 43.0 Å². The normalized spacial score (nSPS) is 14.6. The predicted molar refractivity (Wildman–Crippen MR) is 122 cm³/mol. The molecule has 2 aromatic carbocycles. The number of hydrogen-bond donors (Lipinski definition) is 2. The molecule has 172 valence electrons. The highest BCUT2D eigenvalue weighted by molar-refractivity contribution is 7.89. The molecule has 0 saturated carbocycles. The van der Waals surface area contributed by atoms with Crippen molar-refractivity contribution in [1.29, 1.82) is 0 Å². The number of benzene rings is 2. The molecule has 0 spiro atoms. The summed E-state index contributed by atoms with van der Waals surface area (Å²) in [7, 11) is -3.57. The Balaban J connectivity index is 1.47. The maximum Gasteiger partial charge on any atom is 0.269 e. The number of rotatable bonds is 10. The smallest absolute Gasteiger partial charge is 0.269 e. The fourth-order valence-corrected chi connectivity index (χ4v) is 5.35. The molecule has 1 aliphatic heterocycles. The zero-order chi connectivity index (χ0) is 23.0. The summed E-state index contributed by atoms with van der Waals surface area (Å²) in [6.45, 7) is 1.75. The minimum Gasteiger partial charge on any atom is -0.385 e. The quantitative estimate of drug-likeness (QED) is 0.319. The molecule has 1 saturated heterocycles. The van der Waals surface area contributed by atoms with Crippen LogP contribution < -0.4 is 10.6 Å². The number of nitro benzene ring substituents is 1. The van der Waals surface area contributed by atoms with Gasteiger partial charge in [-0.15, -0.1) is 0 Å². The number of nitrogens with zero attached hydrogens (tertiary/aromatic N) is 2. The van der Waals surface area contributed by atoms with E-state index in [0.717, 1.165) is 24.9 Å². The third-order valence-electron chi connectivity index (χ3n) is 5.37. The van der Waals surface area contributed by atoms with E-state index in [0.29, 0.717) is 31.6 Å². The van der Waals surface area contributed by atoms with Crippen molar-refractivity contribution in [3.05, 3.63) is 64.2 Å². The van der Waals surface area contributed by atoms with Crippen LogP contribution in [0.5, 0.6) is 0 Å². The number of amides is 1. The standard InChI is InChI=1S/C22H28N4O5S/c27-22(9-6-14-23-19-10-12-20(13-11-19)26(28)29)24-17-18-7-2-3-8-21(18)32(30,31)25-15-4-1-5-16-25/h2-3,7-8,10-13,23H,1,4-6,9,14-17H2,(H,24,27). The average molecular weight is 461 g/mol. The zero-order valence-corrected chi connectivity index (χ0v) is 18.6. The van der Waals surface area contributed by atoms with Crippen molar-refractivity contribution < 1.29 is 18.1 Å². The lowest BCUT2D eigenvalue weighted by atomic mass is 10.2. The molecule has 0 aliphatic carbocycles. The van der Waals surface area contributed by atoms with E-state index in [4.69, 9.17) is 0 Å². The Kier molecular flexibility index (Phi) is 8.18. The predicted octanol–water partition coefficient (Wildman–Crippen LogP) is 3.28. The highest BCUT2D eigenvalue weighted by Crippen LogP contribution is 2.23. The van der Waals surface area contributed by atoms with Crippen molar-refractivity contribution >= 4 is 27.3 Å². The van der Waals surface area contributed by atoms with Gasteiger partial charge in [0.05, 0.1) is 9.82 Å². The summed E-state index contributed by atoms with van der Waals surface area (Å²) in [5.41, 5.74) is 1.35. The van der Waals surface area contributed by atoms with E-state index in [1.807, 2.05) is 0 Å². The molecule has 0 unspecified atom stereocenters. The molecule has 1 fully saturated rings. The molecule has 0 atom stereocenters. The fraction of sp³-hybridized carbons (Fsp3) is 0.409.